The predicted octanol–water partition coefficient (Wildman–Crippen LogP) is 3.72. The van der Waals surface area contributed by atoms with Crippen LogP contribution in [0.4, 0.5) is 5.69 Å². The SMILES string of the molecule is CCOc1ccc(NCCCc2ccco2)cc1. The Morgan fingerprint density at radius 2 is 2.00 bits per heavy atom. The van der Waals surface area contributed by atoms with E-state index in [1.165, 1.54) is 0 Å². The molecule has 1 aromatic carbocycles. The van der Waals surface area contributed by atoms with Crippen molar-refractivity contribution in [2.75, 3.05) is 18.5 Å². The highest BCUT2D eigenvalue weighted by Gasteiger charge is 1.97. The molecule has 0 unspecified atom stereocenters. The van der Waals surface area contributed by atoms with Crippen molar-refractivity contribution in [3.05, 3.63) is 48.4 Å². The van der Waals surface area contributed by atoms with E-state index in [1.54, 1.807) is 6.26 Å². The van der Waals surface area contributed by atoms with Gasteiger partial charge in [0.1, 0.15) is 11.5 Å². The maximum Gasteiger partial charge on any atom is 0.119 e. The lowest BCUT2D eigenvalue weighted by molar-refractivity contribution is 0.340. The fourth-order valence-corrected chi connectivity index (χ4v) is 1.79. The van der Waals surface area contributed by atoms with Crippen LogP contribution in [0.15, 0.2) is 47.1 Å². The molecule has 0 aliphatic carbocycles. The summed E-state index contributed by atoms with van der Waals surface area (Å²) in [5.74, 6) is 1.96. The normalized spacial score (nSPS) is 10.3. The second kappa shape index (κ2) is 6.74. The van der Waals surface area contributed by atoms with E-state index in [2.05, 4.69) is 5.32 Å². The predicted molar refractivity (Wildman–Crippen MR) is 73.1 cm³/mol. The van der Waals surface area contributed by atoms with E-state index in [9.17, 15) is 0 Å². The Morgan fingerprint density at radius 3 is 2.67 bits per heavy atom. The number of hydrogen-bond acceptors (Lipinski definition) is 3. The molecular weight excluding hydrogens is 226 g/mol. The Balaban J connectivity index is 1.69. The van der Waals surface area contributed by atoms with Gasteiger partial charge in [0.2, 0.25) is 0 Å². The summed E-state index contributed by atoms with van der Waals surface area (Å²) in [6.45, 7) is 3.63. The van der Waals surface area contributed by atoms with Gasteiger partial charge >= 0.3 is 0 Å². The number of hydrogen-bond donors (Lipinski definition) is 1. The van der Waals surface area contributed by atoms with Gasteiger partial charge in [-0.2, -0.15) is 0 Å². The maximum atomic E-state index is 5.40. The van der Waals surface area contributed by atoms with Crippen molar-refractivity contribution in [2.45, 2.75) is 19.8 Å². The van der Waals surface area contributed by atoms with Crippen LogP contribution in [0.25, 0.3) is 0 Å². The first-order valence-corrected chi connectivity index (χ1v) is 6.37. The fourth-order valence-electron chi connectivity index (χ4n) is 1.79. The van der Waals surface area contributed by atoms with Crippen LogP contribution in [0.2, 0.25) is 0 Å². The quantitative estimate of drug-likeness (QED) is 0.755. The van der Waals surface area contributed by atoms with Crippen molar-refractivity contribution in [1.29, 1.82) is 0 Å². The molecule has 0 radical (unpaired) electrons. The highest BCUT2D eigenvalue weighted by Crippen LogP contribution is 2.15. The first-order chi connectivity index (χ1) is 8.88. The van der Waals surface area contributed by atoms with Gasteiger partial charge in [0, 0.05) is 18.7 Å². The van der Waals surface area contributed by atoms with E-state index in [0.717, 1.165) is 36.6 Å². The van der Waals surface area contributed by atoms with Gasteiger partial charge < -0.3 is 14.5 Å². The molecule has 2 rings (SSSR count). The molecule has 0 spiro atoms. The summed E-state index contributed by atoms with van der Waals surface area (Å²) in [5, 5.41) is 3.38. The number of aryl methyl sites for hydroxylation is 1. The van der Waals surface area contributed by atoms with Crippen molar-refractivity contribution in [3.63, 3.8) is 0 Å². The molecule has 18 heavy (non-hydrogen) atoms. The molecule has 0 aliphatic heterocycles. The summed E-state index contributed by atoms with van der Waals surface area (Å²) in [6.07, 6.45) is 3.74. The molecule has 0 amide bonds. The molecule has 0 saturated heterocycles. The van der Waals surface area contributed by atoms with E-state index in [0.29, 0.717) is 6.61 Å². The Kier molecular flexibility index (Phi) is 4.70. The fraction of sp³-hybridized carbons (Fsp3) is 0.333. The summed E-state index contributed by atoms with van der Waals surface area (Å²) in [5.41, 5.74) is 1.12. The lowest BCUT2D eigenvalue weighted by Crippen LogP contribution is -2.02. The van der Waals surface area contributed by atoms with Crippen LogP contribution in [0.3, 0.4) is 0 Å². The van der Waals surface area contributed by atoms with Gasteiger partial charge in [-0.25, -0.2) is 0 Å². The third-order valence-corrected chi connectivity index (χ3v) is 2.67. The number of furan rings is 1. The zero-order chi connectivity index (χ0) is 12.6. The Bertz CT molecular complexity index is 434. The minimum absolute atomic E-state index is 0.704. The van der Waals surface area contributed by atoms with Gasteiger partial charge in [-0.3, -0.25) is 0 Å². The van der Waals surface area contributed by atoms with Gasteiger partial charge in [0.05, 0.1) is 12.9 Å². The molecule has 3 nitrogen and oxygen atoms in total. The molecule has 0 saturated carbocycles. The van der Waals surface area contributed by atoms with Gasteiger partial charge in [-0.1, -0.05) is 0 Å². The van der Waals surface area contributed by atoms with E-state index >= 15 is 0 Å². The molecule has 96 valence electrons. The van der Waals surface area contributed by atoms with Gasteiger partial charge in [0.25, 0.3) is 0 Å². The minimum atomic E-state index is 0.704. The molecule has 0 aliphatic rings. The Labute approximate surface area is 108 Å². The molecular formula is C15H19NO2. The zero-order valence-corrected chi connectivity index (χ0v) is 10.7. The first-order valence-electron chi connectivity index (χ1n) is 6.37. The average molecular weight is 245 g/mol. The molecule has 1 N–H and O–H groups in total. The van der Waals surface area contributed by atoms with Gasteiger partial charge in [-0.05, 0) is 49.7 Å². The van der Waals surface area contributed by atoms with E-state index in [-0.39, 0.29) is 0 Å². The summed E-state index contributed by atoms with van der Waals surface area (Å²) >= 11 is 0. The Hall–Kier alpha value is -1.90. The van der Waals surface area contributed by atoms with Gasteiger partial charge in [0.15, 0.2) is 0 Å². The summed E-state index contributed by atoms with van der Waals surface area (Å²) < 4.78 is 10.7. The molecule has 0 fully saturated rings. The molecule has 0 bridgehead atoms. The maximum absolute atomic E-state index is 5.40. The molecule has 1 heterocycles. The molecule has 3 heteroatoms. The van der Waals surface area contributed by atoms with Crippen molar-refractivity contribution in [2.24, 2.45) is 0 Å². The summed E-state index contributed by atoms with van der Waals surface area (Å²) in [7, 11) is 0. The van der Waals surface area contributed by atoms with Crippen LogP contribution in [-0.4, -0.2) is 13.2 Å². The van der Waals surface area contributed by atoms with Crippen molar-refractivity contribution >= 4 is 5.69 Å². The van der Waals surface area contributed by atoms with Crippen molar-refractivity contribution < 1.29 is 9.15 Å². The van der Waals surface area contributed by atoms with Crippen molar-refractivity contribution in [3.8, 4) is 5.75 Å². The molecule has 0 atom stereocenters. The lowest BCUT2D eigenvalue weighted by Gasteiger charge is -2.07. The smallest absolute Gasteiger partial charge is 0.119 e. The lowest BCUT2D eigenvalue weighted by atomic mass is 10.2. The average Bonchev–Trinajstić information content (AvgIpc) is 2.90. The minimum Gasteiger partial charge on any atom is -0.494 e. The second-order valence-corrected chi connectivity index (χ2v) is 4.07. The van der Waals surface area contributed by atoms with E-state index in [4.69, 9.17) is 9.15 Å². The van der Waals surface area contributed by atoms with Crippen LogP contribution < -0.4 is 10.1 Å². The monoisotopic (exact) mass is 245 g/mol. The van der Waals surface area contributed by atoms with Gasteiger partial charge in [-0.15, -0.1) is 0 Å². The van der Waals surface area contributed by atoms with Crippen LogP contribution in [-0.2, 0) is 6.42 Å². The highest BCUT2D eigenvalue weighted by atomic mass is 16.5. The number of ether oxygens (including phenoxy) is 1. The largest absolute Gasteiger partial charge is 0.494 e. The van der Waals surface area contributed by atoms with E-state index < -0.39 is 0 Å². The van der Waals surface area contributed by atoms with Crippen LogP contribution in [0.1, 0.15) is 19.1 Å². The topological polar surface area (TPSA) is 34.4 Å². The number of anilines is 1. The highest BCUT2D eigenvalue weighted by molar-refractivity contribution is 5.46. The summed E-state index contributed by atoms with van der Waals surface area (Å²) in [6, 6.07) is 12.0. The third kappa shape index (κ3) is 3.84. The second-order valence-electron chi connectivity index (χ2n) is 4.07. The van der Waals surface area contributed by atoms with Crippen LogP contribution >= 0.6 is 0 Å². The van der Waals surface area contributed by atoms with Crippen LogP contribution in [0, 0.1) is 0 Å². The van der Waals surface area contributed by atoms with Crippen molar-refractivity contribution in [1.82, 2.24) is 0 Å². The molecule has 1 aromatic heterocycles. The van der Waals surface area contributed by atoms with E-state index in [1.807, 2.05) is 43.3 Å². The number of nitrogens with one attached hydrogen (secondary N) is 1. The first kappa shape index (κ1) is 12.6. The standard InChI is InChI=1S/C15H19NO2/c1-2-17-15-9-7-13(8-10-15)16-11-3-5-14-6-4-12-18-14/h4,6-10,12,16H,2-3,5,11H2,1H3. The molecule has 2 aromatic rings. The van der Waals surface area contributed by atoms with Crippen LogP contribution in [0.5, 0.6) is 5.75 Å². The summed E-state index contributed by atoms with van der Waals surface area (Å²) in [4.78, 5) is 0. The third-order valence-electron chi connectivity index (χ3n) is 2.67. The number of benzene rings is 1. The number of rotatable bonds is 7. The Morgan fingerprint density at radius 1 is 1.17 bits per heavy atom. The zero-order valence-electron chi connectivity index (χ0n) is 10.7.